The molecule has 0 bridgehead atoms. The van der Waals surface area contributed by atoms with Crippen LogP contribution in [0.5, 0.6) is 0 Å². The largest absolute Gasteiger partial charge is 0.389 e. The lowest BCUT2D eigenvalue weighted by Gasteiger charge is -2.21. The first-order valence-corrected chi connectivity index (χ1v) is 6.07. The second-order valence-corrected chi connectivity index (χ2v) is 4.70. The number of benzene rings is 1. The van der Waals surface area contributed by atoms with Gasteiger partial charge in [0.2, 0.25) is 0 Å². The van der Waals surface area contributed by atoms with E-state index in [1.807, 2.05) is 13.8 Å². The van der Waals surface area contributed by atoms with E-state index in [2.05, 4.69) is 29.6 Å². The van der Waals surface area contributed by atoms with Crippen molar-refractivity contribution in [2.45, 2.75) is 39.0 Å². The van der Waals surface area contributed by atoms with Crippen LogP contribution in [-0.2, 0) is 17.9 Å². The van der Waals surface area contributed by atoms with Gasteiger partial charge in [0.1, 0.15) is 0 Å². The van der Waals surface area contributed by atoms with Crippen LogP contribution in [0.1, 0.15) is 31.4 Å². The molecule has 0 amide bonds. The van der Waals surface area contributed by atoms with Crippen LogP contribution in [0.15, 0.2) is 24.3 Å². The summed E-state index contributed by atoms with van der Waals surface area (Å²) in [5.41, 5.74) is 1.78. The summed E-state index contributed by atoms with van der Waals surface area (Å²) in [6.45, 7) is 5.88. The Balaban J connectivity index is 2.37. The smallest absolute Gasteiger partial charge is 0.0741 e. The van der Waals surface area contributed by atoms with Gasteiger partial charge in [-0.05, 0) is 24.5 Å². The topological polar surface area (TPSA) is 41.5 Å². The number of aliphatic hydroxyl groups is 1. The van der Waals surface area contributed by atoms with Crippen molar-refractivity contribution >= 4 is 0 Å². The number of hydrogen-bond donors (Lipinski definition) is 2. The zero-order chi connectivity index (χ0) is 12.7. The maximum Gasteiger partial charge on any atom is 0.0741 e. The van der Waals surface area contributed by atoms with Gasteiger partial charge in [-0.25, -0.2) is 0 Å². The SMILES string of the molecule is CCC(C)(O)CNCc1ccc(COC)cc1. The highest BCUT2D eigenvalue weighted by atomic mass is 16.5. The molecule has 0 radical (unpaired) electrons. The first-order valence-electron chi connectivity index (χ1n) is 6.07. The molecule has 0 fully saturated rings. The molecule has 0 saturated carbocycles. The Hall–Kier alpha value is -0.900. The summed E-state index contributed by atoms with van der Waals surface area (Å²) in [6.07, 6.45) is 0.757. The van der Waals surface area contributed by atoms with Crippen molar-refractivity contribution in [1.82, 2.24) is 5.32 Å². The molecule has 17 heavy (non-hydrogen) atoms. The summed E-state index contributed by atoms with van der Waals surface area (Å²) in [5.74, 6) is 0. The van der Waals surface area contributed by atoms with Crippen LogP contribution in [0.25, 0.3) is 0 Å². The number of rotatable bonds is 7. The van der Waals surface area contributed by atoms with E-state index in [-0.39, 0.29) is 0 Å². The lowest BCUT2D eigenvalue weighted by atomic mass is 10.0. The van der Waals surface area contributed by atoms with Gasteiger partial charge in [-0.2, -0.15) is 0 Å². The summed E-state index contributed by atoms with van der Waals surface area (Å²) in [6, 6.07) is 8.31. The van der Waals surface area contributed by atoms with Gasteiger partial charge in [-0.15, -0.1) is 0 Å². The lowest BCUT2D eigenvalue weighted by molar-refractivity contribution is 0.0555. The Morgan fingerprint density at radius 3 is 2.35 bits per heavy atom. The highest BCUT2D eigenvalue weighted by Gasteiger charge is 2.15. The first-order chi connectivity index (χ1) is 8.07. The van der Waals surface area contributed by atoms with E-state index in [1.54, 1.807) is 7.11 Å². The van der Waals surface area contributed by atoms with Gasteiger partial charge in [0.15, 0.2) is 0 Å². The monoisotopic (exact) mass is 237 g/mol. The van der Waals surface area contributed by atoms with Crippen molar-refractivity contribution in [2.75, 3.05) is 13.7 Å². The Labute approximate surface area is 104 Å². The second kappa shape index (κ2) is 6.74. The molecule has 3 heteroatoms. The van der Waals surface area contributed by atoms with E-state index in [1.165, 1.54) is 11.1 Å². The van der Waals surface area contributed by atoms with Gasteiger partial charge in [-0.3, -0.25) is 0 Å². The Kier molecular flexibility index (Phi) is 5.62. The van der Waals surface area contributed by atoms with Gasteiger partial charge in [0, 0.05) is 20.2 Å². The van der Waals surface area contributed by atoms with E-state index < -0.39 is 5.60 Å². The minimum Gasteiger partial charge on any atom is -0.389 e. The quantitative estimate of drug-likeness (QED) is 0.763. The van der Waals surface area contributed by atoms with Crippen LogP contribution in [0.2, 0.25) is 0 Å². The number of methoxy groups -OCH3 is 1. The van der Waals surface area contributed by atoms with Crippen molar-refractivity contribution < 1.29 is 9.84 Å². The third-order valence-corrected chi connectivity index (χ3v) is 2.93. The molecular formula is C14H23NO2. The van der Waals surface area contributed by atoms with Crippen molar-refractivity contribution in [1.29, 1.82) is 0 Å². The average Bonchev–Trinajstić information content (AvgIpc) is 2.32. The summed E-state index contributed by atoms with van der Waals surface area (Å²) in [7, 11) is 1.70. The molecular weight excluding hydrogens is 214 g/mol. The van der Waals surface area contributed by atoms with E-state index in [0.29, 0.717) is 13.2 Å². The molecule has 0 aliphatic rings. The third kappa shape index (κ3) is 5.31. The molecule has 1 atom stereocenters. The van der Waals surface area contributed by atoms with E-state index in [4.69, 9.17) is 4.74 Å². The zero-order valence-corrected chi connectivity index (χ0v) is 11.0. The predicted molar refractivity (Wildman–Crippen MR) is 69.8 cm³/mol. The van der Waals surface area contributed by atoms with Crippen molar-refractivity contribution in [3.8, 4) is 0 Å². The molecule has 0 aliphatic carbocycles. The fourth-order valence-corrected chi connectivity index (χ4v) is 1.52. The standard InChI is InChI=1S/C14H23NO2/c1-4-14(2,16)11-15-9-12-5-7-13(8-6-12)10-17-3/h5-8,15-16H,4,9-11H2,1-3H3. The van der Waals surface area contributed by atoms with E-state index >= 15 is 0 Å². The van der Waals surface area contributed by atoms with Crippen molar-refractivity contribution in [3.05, 3.63) is 35.4 Å². The van der Waals surface area contributed by atoms with Crippen LogP contribution < -0.4 is 5.32 Å². The predicted octanol–water partition coefficient (Wildman–Crippen LogP) is 2.08. The van der Waals surface area contributed by atoms with Crippen LogP contribution in [0, 0.1) is 0 Å². The summed E-state index contributed by atoms with van der Waals surface area (Å²) in [5, 5.41) is 13.1. The Bertz CT molecular complexity index is 319. The molecule has 0 aromatic heterocycles. The Morgan fingerprint density at radius 2 is 1.82 bits per heavy atom. The fraction of sp³-hybridized carbons (Fsp3) is 0.571. The molecule has 1 aromatic rings. The molecule has 2 N–H and O–H groups in total. The highest BCUT2D eigenvalue weighted by molar-refractivity contribution is 5.21. The van der Waals surface area contributed by atoms with Crippen molar-refractivity contribution in [2.24, 2.45) is 0 Å². The molecule has 0 aliphatic heterocycles. The van der Waals surface area contributed by atoms with Crippen LogP contribution >= 0.6 is 0 Å². The molecule has 0 heterocycles. The third-order valence-electron chi connectivity index (χ3n) is 2.93. The van der Waals surface area contributed by atoms with Gasteiger partial charge >= 0.3 is 0 Å². The summed E-state index contributed by atoms with van der Waals surface area (Å²) in [4.78, 5) is 0. The fourth-order valence-electron chi connectivity index (χ4n) is 1.52. The molecule has 3 nitrogen and oxygen atoms in total. The number of hydrogen-bond acceptors (Lipinski definition) is 3. The second-order valence-electron chi connectivity index (χ2n) is 4.70. The summed E-state index contributed by atoms with van der Waals surface area (Å²) >= 11 is 0. The van der Waals surface area contributed by atoms with E-state index in [9.17, 15) is 5.11 Å². The number of ether oxygens (including phenoxy) is 1. The van der Waals surface area contributed by atoms with Gasteiger partial charge in [-0.1, -0.05) is 31.2 Å². The molecule has 1 rings (SSSR count). The lowest BCUT2D eigenvalue weighted by Crippen LogP contribution is -2.36. The highest BCUT2D eigenvalue weighted by Crippen LogP contribution is 2.08. The maximum atomic E-state index is 9.84. The average molecular weight is 237 g/mol. The minimum atomic E-state index is -0.615. The summed E-state index contributed by atoms with van der Waals surface area (Å²) < 4.78 is 5.06. The normalized spacial score (nSPS) is 14.6. The zero-order valence-electron chi connectivity index (χ0n) is 11.0. The van der Waals surface area contributed by atoms with Crippen molar-refractivity contribution in [3.63, 3.8) is 0 Å². The first kappa shape index (κ1) is 14.2. The maximum absolute atomic E-state index is 9.84. The number of nitrogens with one attached hydrogen (secondary N) is 1. The van der Waals surface area contributed by atoms with E-state index in [0.717, 1.165) is 13.0 Å². The Morgan fingerprint density at radius 1 is 1.24 bits per heavy atom. The van der Waals surface area contributed by atoms with Crippen LogP contribution in [0.3, 0.4) is 0 Å². The molecule has 1 aromatic carbocycles. The molecule has 1 unspecified atom stereocenters. The van der Waals surface area contributed by atoms with Gasteiger partial charge in [0.25, 0.3) is 0 Å². The van der Waals surface area contributed by atoms with Crippen LogP contribution in [-0.4, -0.2) is 24.4 Å². The molecule has 0 saturated heterocycles. The minimum absolute atomic E-state index is 0.614. The molecule has 96 valence electrons. The molecule has 0 spiro atoms. The van der Waals surface area contributed by atoms with Gasteiger partial charge < -0.3 is 15.2 Å². The van der Waals surface area contributed by atoms with Gasteiger partial charge in [0.05, 0.1) is 12.2 Å². The van der Waals surface area contributed by atoms with Crippen LogP contribution in [0.4, 0.5) is 0 Å².